The van der Waals surface area contributed by atoms with E-state index < -0.39 is 23.8 Å². The van der Waals surface area contributed by atoms with Gasteiger partial charge in [-0.05, 0) is 19.8 Å². The zero-order chi connectivity index (χ0) is 15.1. The van der Waals surface area contributed by atoms with Crippen LogP contribution in [0.25, 0.3) is 0 Å². The van der Waals surface area contributed by atoms with Crippen LogP contribution in [-0.2, 0) is 9.59 Å². The third-order valence-electron chi connectivity index (χ3n) is 3.66. The molecule has 4 N–H and O–H groups in total. The first-order valence-corrected chi connectivity index (χ1v) is 7.02. The smallest absolute Gasteiger partial charge is 0.318 e. The summed E-state index contributed by atoms with van der Waals surface area (Å²) in [6.07, 6.45) is 3.97. The largest absolute Gasteiger partial charge is 0.481 e. The van der Waals surface area contributed by atoms with Crippen molar-refractivity contribution in [2.24, 2.45) is 11.7 Å². The lowest BCUT2D eigenvalue weighted by atomic mass is 9.95. The number of amides is 3. The highest BCUT2D eigenvalue weighted by atomic mass is 16.4. The summed E-state index contributed by atoms with van der Waals surface area (Å²) in [5, 5.41) is 12.0. The van der Waals surface area contributed by atoms with E-state index >= 15 is 0 Å². The molecule has 2 atom stereocenters. The summed E-state index contributed by atoms with van der Waals surface area (Å²) in [5.41, 5.74) is 5.09. The number of carboxylic acid groups (broad SMARTS) is 1. The number of aliphatic carboxylic acids is 1. The highest BCUT2D eigenvalue weighted by Crippen LogP contribution is 2.24. The Morgan fingerprint density at radius 1 is 1.25 bits per heavy atom. The number of primary amides is 1. The summed E-state index contributed by atoms with van der Waals surface area (Å²) in [6.45, 7) is 1.93. The zero-order valence-electron chi connectivity index (χ0n) is 11.8. The quantitative estimate of drug-likeness (QED) is 0.640. The van der Waals surface area contributed by atoms with Crippen LogP contribution in [0, 0.1) is 5.92 Å². The molecule has 0 bridgehead atoms. The second kappa shape index (κ2) is 7.72. The summed E-state index contributed by atoms with van der Waals surface area (Å²) < 4.78 is 0. The molecule has 1 saturated carbocycles. The highest BCUT2D eigenvalue weighted by Gasteiger charge is 2.31. The molecule has 1 rings (SSSR count). The van der Waals surface area contributed by atoms with Crippen molar-refractivity contribution in [3.63, 3.8) is 0 Å². The number of hydrogen-bond donors (Lipinski definition) is 3. The lowest BCUT2D eigenvalue weighted by Crippen LogP contribution is -2.50. The van der Waals surface area contributed by atoms with Crippen LogP contribution in [0.2, 0.25) is 0 Å². The monoisotopic (exact) mass is 285 g/mol. The summed E-state index contributed by atoms with van der Waals surface area (Å²) in [5.74, 6) is -2.03. The Kier molecular flexibility index (Phi) is 6.27. The standard InChI is InChI=1S/C13H23N3O4/c1-2-16(8-11(14)17)13(20)15-10-7-5-3-4-6-9(10)12(18)19/h9-10H,2-8H2,1H3,(H2,14,17)(H,15,20)(H,18,19). The fourth-order valence-corrected chi connectivity index (χ4v) is 2.54. The van der Waals surface area contributed by atoms with Gasteiger partial charge in [0.05, 0.1) is 5.92 Å². The maximum atomic E-state index is 12.1. The van der Waals surface area contributed by atoms with Crippen LogP contribution in [0.4, 0.5) is 4.79 Å². The van der Waals surface area contributed by atoms with Crippen LogP contribution in [-0.4, -0.2) is 47.0 Å². The molecule has 0 radical (unpaired) electrons. The molecule has 7 heteroatoms. The number of carboxylic acids is 1. The second-order valence-corrected chi connectivity index (χ2v) is 5.12. The van der Waals surface area contributed by atoms with E-state index in [0.29, 0.717) is 19.4 Å². The Hall–Kier alpha value is -1.79. The van der Waals surface area contributed by atoms with E-state index in [0.717, 1.165) is 19.3 Å². The summed E-state index contributed by atoms with van der Waals surface area (Å²) in [7, 11) is 0. The first-order chi connectivity index (χ1) is 9.45. The van der Waals surface area contributed by atoms with Gasteiger partial charge in [-0.25, -0.2) is 4.79 Å². The van der Waals surface area contributed by atoms with E-state index in [1.807, 2.05) is 0 Å². The minimum atomic E-state index is -0.879. The predicted octanol–water partition coefficient (Wildman–Crippen LogP) is 0.537. The van der Waals surface area contributed by atoms with Crippen molar-refractivity contribution in [1.82, 2.24) is 10.2 Å². The zero-order valence-corrected chi connectivity index (χ0v) is 11.8. The molecule has 1 aliphatic carbocycles. The molecule has 2 unspecified atom stereocenters. The van der Waals surface area contributed by atoms with Gasteiger partial charge in [-0.3, -0.25) is 9.59 Å². The maximum Gasteiger partial charge on any atom is 0.318 e. The number of nitrogens with one attached hydrogen (secondary N) is 1. The number of carbonyl (C=O) groups is 3. The first kappa shape index (κ1) is 16.3. The number of hydrogen-bond acceptors (Lipinski definition) is 3. The number of carbonyl (C=O) groups excluding carboxylic acids is 2. The normalized spacial score (nSPS) is 22.6. The van der Waals surface area contributed by atoms with Gasteiger partial charge in [0.25, 0.3) is 0 Å². The lowest BCUT2D eigenvalue weighted by Gasteiger charge is -2.27. The predicted molar refractivity (Wildman–Crippen MR) is 73.0 cm³/mol. The van der Waals surface area contributed by atoms with Gasteiger partial charge in [-0.2, -0.15) is 0 Å². The Balaban J connectivity index is 2.68. The second-order valence-electron chi connectivity index (χ2n) is 5.12. The molecule has 0 saturated heterocycles. The van der Waals surface area contributed by atoms with E-state index in [2.05, 4.69) is 5.32 Å². The fraction of sp³-hybridized carbons (Fsp3) is 0.769. The van der Waals surface area contributed by atoms with E-state index in [1.165, 1.54) is 4.90 Å². The van der Waals surface area contributed by atoms with Crippen molar-refractivity contribution in [2.75, 3.05) is 13.1 Å². The number of nitrogens with two attached hydrogens (primary N) is 1. The molecule has 0 spiro atoms. The molecular weight excluding hydrogens is 262 g/mol. The molecule has 0 heterocycles. The van der Waals surface area contributed by atoms with Crippen LogP contribution in [0.3, 0.4) is 0 Å². The number of likely N-dealkylation sites (N-methyl/N-ethyl adjacent to an activating group) is 1. The molecule has 3 amide bonds. The van der Waals surface area contributed by atoms with Crippen molar-refractivity contribution in [3.8, 4) is 0 Å². The molecule has 114 valence electrons. The molecule has 0 aromatic heterocycles. The Labute approximate surface area is 118 Å². The molecule has 1 fully saturated rings. The van der Waals surface area contributed by atoms with Gasteiger partial charge >= 0.3 is 12.0 Å². The summed E-state index contributed by atoms with van der Waals surface area (Å²) in [4.78, 5) is 35.5. The number of rotatable bonds is 5. The van der Waals surface area contributed by atoms with E-state index in [9.17, 15) is 19.5 Å². The van der Waals surface area contributed by atoms with Gasteiger partial charge in [0.15, 0.2) is 0 Å². The van der Waals surface area contributed by atoms with Crippen LogP contribution < -0.4 is 11.1 Å². The van der Waals surface area contributed by atoms with Crippen LogP contribution in [0.1, 0.15) is 39.0 Å². The van der Waals surface area contributed by atoms with Gasteiger partial charge in [0, 0.05) is 12.6 Å². The molecule has 1 aliphatic rings. The molecule has 7 nitrogen and oxygen atoms in total. The Morgan fingerprint density at radius 2 is 1.90 bits per heavy atom. The van der Waals surface area contributed by atoms with Gasteiger partial charge < -0.3 is 21.1 Å². The van der Waals surface area contributed by atoms with Crippen molar-refractivity contribution in [2.45, 2.75) is 45.1 Å². The highest BCUT2D eigenvalue weighted by molar-refractivity contribution is 5.83. The minimum absolute atomic E-state index is 0.160. The van der Waals surface area contributed by atoms with Crippen LogP contribution in [0.15, 0.2) is 0 Å². The fourth-order valence-electron chi connectivity index (χ4n) is 2.54. The van der Waals surface area contributed by atoms with Gasteiger partial charge in [0.1, 0.15) is 6.54 Å². The van der Waals surface area contributed by atoms with Gasteiger partial charge in [0.2, 0.25) is 5.91 Å². The average molecular weight is 285 g/mol. The van der Waals surface area contributed by atoms with E-state index in [1.54, 1.807) is 6.92 Å². The van der Waals surface area contributed by atoms with E-state index in [-0.39, 0.29) is 12.6 Å². The first-order valence-electron chi connectivity index (χ1n) is 7.02. The van der Waals surface area contributed by atoms with Crippen molar-refractivity contribution in [3.05, 3.63) is 0 Å². The SMILES string of the molecule is CCN(CC(N)=O)C(=O)NC1CCCCCC1C(=O)O. The topological polar surface area (TPSA) is 113 Å². The van der Waals surface area contributed by atoms with Gasteiger partial charge in [-0.15, -0.1) is 0 Å². The third-order valence-corrected chi connectivity index (χ3v) is 3.66. The number of nitrogens with zero attached hydrogens (tertiary/aromatic N) is 1. The molecular formula is C13H23N3O4. The molecule has 0 aliphatic heterocycles. The minimum Gasteiger partial charge on any atom is -0.481 e. The van der Waals surface area contributed by atoms with Crippen molar-refractivity contribution >= 4 is 17.9 Å². The van der Waals surface area contributed by atoms with Gasteiger partial charge in [-0.1, -0.05) is 19.3 Å². The summed E-state index contributed by atoms with van der Waals surface area (Å²) in [6, 6.07) is -0.811. The van der Waals surface area contributed by atoms with Crippen LogP contribution in [0.5, 0.6) is 0 Å². The Bertz CT molecular complexity index is 373. The number of urea groups is 1. The average Bonchev–Trinajstić information content (AvgIpc) is 2.60. The molecule has 20 heavy (non-hydrogen) atoms. The summed E-state index contributed by atoms with van der Waals surface area (Å²) >= 11 is 0. The third kappa shape index (κ3) is 4.71. The van der Waals surface area contributed by atoms with E-state index in [4.69, 9.17) is 5.73 Å². The maximum absolute atomic E-state index is 12.1. The molecule has 0 aromatic carbocycles. The van der Waals surface area contributed by atoms with Crippen molar-refractivity contribution < 1.29 is 19.5 Å². The Morgan fingerprint density at radius 3 is 2.45 bits per heavy atom. The van der Waals surface area contributed by atoms with Crippen LogP contribution >= 0.6 is 0 Å². The van der Waals surface area contributed by atoms with Crippen molar-refractivity contribution in [1.29, 1.82) is 0 Å². The lowest BCUT2D eigenvalue weighted by molar-refractivity contribution is -0.142. The molecule has 0 aromatic rings.